The van der Waals surface area contributed by atoms with Gasteiger partial charge in [-0.2, -0.15) is 0 Å². The van der Waals surface area contributed by atoms with Crippen LogP contribution in [0.2, 0.25) is 0 Å². The molecule has 2 aromatic rings. The SMILES string of the molecule is CCC(C(=O)O)C(C)N(C)c1ccc2cc(OC3CCC(C(C)(C)C)CC3)ccc2c1. The Morgan fingerprint density at radius 3 is 2.29 bits per heavy atom. The van der Waals surface area contributed by atoms with Gasteiger partial charge in [-0.1, -0.05) is 39.8 Å². The first-order valence-corrected chi connectivity index (χ1v) is 11.8. The fraction of sp³-hybridized carbons (Fsp3) is 0.593. The molecule has 1 saturated carbocycles. The minimum atomic E-state index is -0.735. The highest BCUT2D eigenvalue weighted by atomic mass is 16.5. The van der Waals surface area contributed by atoms with Gasteiger partial charge in [-0.3, -0.25) is 4.79 Å². The molecule has 0 bridgehead atoms. The van der Waals surface area contributed by atoms with E-state index in [-0.39, 0.29) is 12.0 Å². The highest BCUT2D eigenvalue weighted by Crippen LogP contribution is 2.39. The summed E-state index contributed by atoms with van der Waals surface area (Å²) in [6, 6.07) is 12.6. The molecule has 4 nitrogen and oxygen atoms in total. The van der Waals surface area contributed by atoms with Gasteiger partial charge in [0.05, 0.1) is 12.0 Å². The van der Waals surface area contributed by atoms with E-state index in [1.807, 2.05) is 20.9 Å². The van der Waals surface area contributed by atoms with E-state index in [1.165, 1.54) is 12.8 Å². The third-order valence-electron chi connectivity index (χ3n) is 7.35. The van der Waals surface area contributed by atoms with E-state index < -0.39 is 5.97 Å². The third-order valence-corrected chi connectivity index (χ3v) is 7.35. The summed E-state index contributed by atoms with van der Waals surface area (Å²) >= 11 is 0. The highest BCUT2D eigenvalue weighted by Gasteiger charge is 2.30. The van der Waals surface area contributed by atoms with Crippen molar-refractivity contribution in [2.45, 2.75) is 78.9 Å². The van der Waals surface area contributed by atoms with Crippen molar-refractivity contribution in [3.05, 3.63) is 36.4 Å². The molecule has 31 heavy (non-hydrogen) atoms. The maximum Gasteiger partial charge on any atom is 0.308 e. The summed E-state index contributed by atoms with van der Waals surface area (Å²) in [6.45, 7) is 11.0. The lowest BCUT2D eigenvalue weighted by atomic mass is 9.72. The van der Waals surface area contributed by atoms with Crippen LogP contribution in [-0.2, 0) is 4.79 Å². The zero-order chi connectivity index (χ0) is 22.8. The molecule has 2 atom stereocenters. The topological polar surface area (TPSA) is 49.8 Å². The molecule has 1 fully saturated rings. The van der Waals surface area contributed by atoms with Crippen LogP contribution in [0.4, 0.5) is 5.69 Å². The number of carboxylic acid groups (broad SMARTS) is 1. The van der Waals surface area contributed by atoms with Crippen LogP contribution in [0.1, 0.15) is 66.7 Å². The zero-order valence-corrected chi connectivity index (χ0v) is 20.0. The zero-order valence-electron chi connectivity index (χ0n) is 20.0. The van der Waals surface area contributed by atoms with Gasteiger partial charge >= 0.3 is 5.97 Å². The number of ether oxygens (including phenoxy) is 1. The number of carbonyl (C=O) groups is 1. The molecule has 170 valence electrons. The number of hydrogen-bond donors (Lipinski definition) is 1. The molecule has 0 aliphatic heterocycles. The molecule has 0 heterocycles. The lowest BCUT2D eigenvalue weighted by molar-refractivity contribution is -0.142. The Kier molecular flexibility index (Phi) is 7.18. The molecule has 0 saturated heterocycles. The minimum absolute atomic E-state index is 0.0780. The number of nitrogens with zero attached hydrogens (tertiary/aromatic N) is 1. The highest BCUT2D eigenvalue weighted by molar-refractivity contribution is 5.87. The smallest absolute Gasteiger partial charge is 0.308 e. The van der Waals surface area contributed by atoms with Gasteiger partial charge in [0.1, 0.15) is 5.75 Å². The summed E-state index contributed by atoms with van der Waals surface area (Å²) in [5, 5.41) is 11.8. The van der Waals surface area contributed by atoms with Crippen LogP contribution < -0.4 is 9.64 Å². The molecule has 1 aliphatic carbocycles. The van der Waals surface area contributed by atoms with Crippen molar-refractivity contribution in [1.82, 2.24) is 0 Å². The van der Waals surface area contributed by atoms with E-state index in [1.54, 1.807) is 0 Å². The molecule has 0 amide bonds. The van der Waals surface area contributed by atoms with Gasteiger partial charge < -0.3 is 14.7 Å². The molecule has 1 N–H and O–H groups in total. The van der Waals surface area contributed by atoms with Crippen LogP contribution in [0.25, 0.3) is 10.8 Å². The lowest BCUT2D eigenvalue weighted by Gasteiger charge is -2.37. The van der Waals surface area contributed by atoms with Gasteiger partial charge in [0.25, 0.3) is 0 Å². The second-order valence-corrected chi connectivity index (χ2v) is 10.4. The van der Waals surface area contributed by atoms with E-state index in [2.05, 4.69) is 62.1 Å². The van der Waals surface area contributed by atoms with Crippen LogP contribution in [0.15, 0.2) is 36.4 Å². The van der Waals surface area contributed by atoms with Gasteiger partial charge in [0, 0.05) is 18.8 Å². The molecule has 0 aromatic heterocycles. The van der Waals surface area contributed by atoms with Crippen molar-refractivity contribution in [3.63, 3.8) is 0 Å². The Morgan fingerprint density at radius 1 is 1.10 bits per heavy atom. The number of aliphatic carboxylic acids is 1. The summed E-state index contributed by atoms with van der Waals surface area (Å²) < 4.78 is 6.34. The Balaban J connectivity index is 1.68. The average Bonchev–Trinajstić information content (AvgIpc) is 2.72. The Labute approximate surface area is 187 Å². The fourth-order valence-electron chi connectivity index (χ4n) is 4.97. The number of hydrogen-bond acceptors (Lipinski definition) is 3. The van der Waals surface area contributed by atoms with Crippen molar-refractivity contribution >= 4 is 22.4 Å². The summed E-state index contributed by atoms with van der Waals surface area (Å²) in [5.41, 5.74) is 1.42. The first-order chi connectivity index (χ1) is 14.6. The molecular formula is C27H39NO3. The van der Waals surface area contributed by atoms with E-state index in [0.717, 1.165) is 41.0 Å². The first kappa shape index (κ1) is 23.4. The maximum atomic E-state index is 11.5. The normalized spacial score (nSPS) is 21.5. The Morgan fingerprint density at radius 2 is 1.71 bits per heavy atom. The first-order valence-electron chi connectivity index (χ1n) is 11.8. The van der Waals surface area contributed by atoms with Crippen LogP contribution in [-0.4, -0.2) is 30.3 Å². The standard InChI is InChI=1S/C27H39NO3/c1-7-25(26(29)30)18(2)28(6)22-12-8-20-17-24(13-9-19(20)16-22)31-23-14-10-21(11-15-23)27(3,4)5/h8-9,12-13,16-18,21,23,25H,7,10-11,14-15H2,1-6H3,(H,29,30). The van der Waals surface area contributed by atoms with Gasteiger partial charge in [0.15, 0.2) is 0 Å². The Bertz CT molecular complexity index is 893. The van der Waals surface area contributed by atoms with Gasteiger partial charge in [-0.25, -0.2) is 0 Å². The summed E-state index contributed by atoms with van der Waals surface area (Å²) in [4.78, 5) is 13.6. The van der Waals surface area contributed by atoms with Crippen molar-refractivity contribution in [1.29, 1.82) is 0 Å². The number of anilines is 1. The van der Waals surface area contributed by atoms with Crippen molar-refractivity contribution in [2.24, 2.45) is 17.3 Å². The molecule has 2 aromatic carbocycles. The number of rotatable bonds is 7. The molecule has 1 aliphatic rings. The molecule has 3 rings (SSSR count). The lowest BCUT2D eigenvalue weighted by Crippen LogP contribution is -2.39. The third kappa shape index (κ3) is 5.53. The van der Waals surface area contributed by atoms with Crippen molar-refractivity contribution < 1.29 is 14.6 Å². The molecule has 0 radical (unpaired) electrons. The predicted octanol–water partition coefficient (Wildman–Crippen LogP) is 6.76. The number of carboxylic acids is 1. The molecule has 4 heteroatoms. The van der Waals surface area contributed by atoms with E-state index in [4.69, 9.17) is 4.74 Å². The largest absolute Gasteiger partial charge is 0.490 e. The maximum absolute atomic E-state index is 11.5. The quantitative estimate of drug-likeness (QED) is 0.532. The summed E-state index contributed by atoms with van der Waals surface area (Å²) in [6.07, 6.45) is 5.67. The van der Waals surface area contributed by atoms with Gasteiger partial charge in [0.2, 0.25) is 0 Å². The van der Waals surface area contributed by atoms with E-state index in [0.29, 0.717) is 17.9 Å². The molecule has 2 unspecified atom stereocenters. The van der Waals surface area contributed by atoms with Gasteiger partial charge in [-0.15, -0.1) is 0 Å². The predicted molar refractivity (Wildman–Crippen MR) is 129 cm³/mol. The van der Waals surface area contributed by atoms with E-state index in [9.17, 15) is 9.90 Å². The summed E-state index contributed by atoms with van der Waals surface area (Å²) in [7, 11) is 1.98. The fourth-order valence-corrected chi connectivity index (χ4v) is 4.97. The molecular weight excluding hydrogens is 386 g/mol. The second kappa shape index (κ2) is 9.50. The van der Waals surface area contributed by atoms with Crippen LogP contribution in [0.5, 0.6) is 5.75 Å². The summed E-state index contributed by atoms with van der Waals surface area (Å²) in [5.74, 6) is 0.610. The average molecular weight is 426 g/mol. The van der Waals surface area contributed by atoms with Crippen LogP contribution in [0.3, 0.4) is 0 Å². The number of benzene rings is 2. The van der Waals surface area contributed by atoms with Crippen LogP contribution in [0, 0.1) is 17.3 Å². The van der Waals surface area contributed by atoms with Crippen LogP contribution >= 0.6 is 0 Å². The van der Waals surface area contributed by atoms with Gasteiger partial charge in [-0.05, 0) is 85.4 Å². The van der Waals surface area contributed by atoms with E-state index >= 15 is 0 Å². The monoisotopic (exact) mass is 425 g/mol. The van der Waals surface area contributed by atoms with Crippen molar-refractivity contribution in [3.8, 4) is 5.75 Å². The Hall–Kier alpha value is -2.23. The second-order valence-electron chi connectivity index (χ2n) is 10.4. The minimum Gasteiger partial charge on any atom is -0.490 e. The molecule has 0 spiro atoms. The number of fused-ring (bicyclic) bond motifs is 1. The van der Waals surface area contributed by atoms with Crippen molar-refractivity contribution in [2.75, 3.05) is 11.9 Å².